The van der Waals surface area contributed by atoms with E-state index in [1.165, 1.54) is 12.8 Å². The highest BCUT2D eigenvalue weighted by Gasteiger charge is 2.22. The molecule has 0 aromatic carbocycles. The maximum Gasteiger partial charge on any atom is 0.394 e. The Bertz CT molecular complexity index is 555. The van der Waals surface area contributed by atoms with Crippen LogP contribution in [0.4, 0.5) is 0 Å². The number of carbonyl (C=O) groups is 1. The lowest BCUT2D eigenvalue weighted by molar-refractivity contribution is 0.0643. The number of carboxylic acids is 1. The predicted molar refractivity (Wildman–Crippen MR) is 55.2 cm³/mol. The van der Waals surface area contributed by atoms with Crippen LogP contribution in [-0.2, 0) is 6.54 Å². The highest BCUT2D eigenvalue weighted by Crippen LogP contribution is 2.30. The first-order valence-corrected chi connectivity index (χ1v) is 5.32. The summed E-state index contributed by atoms with van der Waals surface area (Å²) in [4.78, 5) is 14.3. The van der Waals surface area contributed by atoms with Crippen LogP contribution in [0.15, 0.2) is 16.9 Å². The summed E-state index contributed by atoms with van der Waals surface area (Å²) in [5.41, 5.74) is 0.668. The lowest BCUT2D eigenvalue weighted by Crippen LogP contribution is -1.99. The predicted octanol–water partition coefficient (Wildman–Crippen LogP) is 1.04. The Balaban J connectivity index is 1.81. The molecule has 1 N–H and O–H groups in total. The molecule has 1 fully saturated rings. The minimum absolute atomic E-state index is 0.254. The van der Waals surface area contributed by atoms with Gasteiger partial charge in [0, 0.05) is 12.7 Å². The average Bonchev–Trinajstić information content (AvgIpc) is 2.82. The number of aromatic carboxylic acids is 1. The van der Waals surface area contributed by atoms with E-state index >= 15 is 0 Å². The summed E-state index contributed by atoms with van der Waals surface area (Å²) in [5, 5.41) is 16.4. The zero-order valence-corrected chi connectivity index (χ0v) is 8.91. The first-order valence-electron chi connectivity index (χ1n) is 5.32. The maximum absolute atomic E-state index is 10.6. The Morgan fingerprint density at radius 1 is 1.59 bits per heavy atom. The number of hydrogen-bond acceptors (Lipinski definition) is 5. The second-order valence-electron chi connectivity index (χ2n) is 4.12. The Morgan fingerprint density at radius 2 is 2.41 bits per heavy atom. The highest BCUT2D eigenvalue weighted by molar-refractivity contribution is 5.82. The molecule has 1 aliphatic rings. The van der Waals surface area contributed by atoms with Crippen molar-refractivity contribution >= 4 is 5.97 Å². The largest absolute Gasteiger partial charge is 0.474 e. The van der Waals surface area contributed by atoms with Crippen LogP contribution in [0.25, 0.3) is 11.4 Å². The Kier molecular flexibility index (Phi) is 2.17. The Hall–Kier alpha value is -2.18. The molecule has 2 heterocycles. The molecule has 1 aliphatic carbocycles. The van der Waals surface area contributed by atoms with E-state index in [-0.39, 0.29) is 5.82 Å². The van der Waals surface area contributed by atoms with Crippen molar-refractivity contribution in [3.63, 3.8) is 0 Å². The molecular weight excluding hydrogens is 224 g/mol. The third kappa shape index (κ3) is 2.03. The molecule has 3 rings (SSSR count). The molecule has 0 atom stereocenters. The zero-order valence-electron chi connectivity index (χ0n) is 8.91. The molecule has 2 aromatic heterocycles. The summed E-state index contributed by atoms with van der Waals surface area (Å²) in [6.45, 7) is 0.892. The average molecular weight is 234 g/mol. The van der Waals surface area contributed by atoms with Crippen LogP contribution in [0.1, 0.15) is 23.5 Å². The van der Waals surface area contributed by atoms with Gasteiger partial charge < -0.3 is 9.63 Å². The second-order valence-corrected chi connectivity index (χ2v) is 4.12. The lowest BCUT2D eigenvalue weighted by atomic mass is 10.3. The van der Waals surface area contributed by atoms with E-state index < -0.39 is 11.9 Å². The SMILES string of the molecule is O=C(O)c1nc(-c2cnn(CC3CC3)c2)no1. The summed E-state index contributed by atoms with van der Waals surface area (Å²) in [7, 11) is 0. The van der Waals surface area contributed by atoms with Crippen molar-refractivity contribution in [2.45, 2.75) is 19.4 Å². The van der Waals surface area contributed by atoms with E-state index in [2.05, 4.69) is 19.8 Å². The standard InChI is InChI=1S/C10H10N4O3/c15-10(16)9-12-8(13-17-9)7-3-11-14(5-7)4-6-1-2-6/h3,5-6H,1-2,4H2,(H,15,16). The molecule has 7 heteroatoms. The van der Waals surface area contributed by atoms with Gasteiger partial charge in [0.05, 0.1) is 11.8 Å². The van der Waals surface area contributed by atoms with Crippen molar-refractivity contribution in [2.75, 3.05) is 0 Å². The van der Waals surface area contributed by atoms with Crippen molar-refractivity contribution < 1.29 is 14.4 Å². The molecule has 0 spiro atoms. The van der Waals surface area contributed by atoms with Crippen LogP contribution in [-0.4, -0.2) is 31.0 Å². The number of hydrogen-bond donors (Lipinski definition) is 1. The van der Waals surface area contributed by atoms with Gasteiger partial charge >= 0.3 is 11.9 Å². The van der Waals surface area contributed by atoms with Crippen LogP contribution in [0, 0.1) is 5.92 Å². The monoisotopic (exact) mass is 234 g/mol. The molecule has 2 aromatic rings. The summed E-state index contributed by atoms with van der Waals surface area (Å²) in [6.07, 6.45) is 5.91. The number of carboxylic acid groups (broad SMARTS) is 1. The molecule has 17 heavy (non-hydrogen) atoms. The van der Waals surface area contributed by atoms with Crippen LogP contribution < -0.4 is 0 Å². The van der Waals surface area contributed by atoms with E-state index in [9.17, 15) is 4.79 Å². The first kappa shape index (κ1) is 10.0. The van der Waals surface area contributed by atoms with Crippen molar-refractivity contribution in [2.24, 2.45) is 5.92 Å². The van der Waals surface area contributed by atoms with Gasteiger partial charge in [-0.25, -0.2) is 4.79 Å². The van der Waals surface area contributed by atoms with E-state index in [0.29, 0.717) is 5.56 Å². The third-order valence-electron chi connectivity index (χ3n) is 2.64. The van der Waals surface area contributed by atoms with Gasteiger partial charge in [-0.15, -0.1) is 0 Å². The minimum Gasteiger partial charge on any atom is -0.474 e. The first-order chi connectivity index (χ1) is 8.22. The molecule has 7 nitrogen and oxygen atoms in total. The van der Waals surface area contributed by atoms with Gasteiger partial charge in [-0.1, -0.05) is 5.16 Å². The zero-order chi connectivity index (χ0) is 11.8. The molecular formula is C10H10N4O3. The summed E-state index contributed by atoms with van der Waals surface area (Å²) >= 11 is 0. The van der Waals surface area contributed by atoms with Crippen molar-refractivity contribution in [3.8, 4) is 11.4 Å². The number of aromatic nitrogens is 4. The summed E-state index contributed by atoms with van der Waals surface area (Å²) < 4.78 is 6.41. The van der Waals surface area contributed by atoms with Gasteiger partial charge in [-0.05, 0) is 18.8 Å². The molecule has 0 aliphatic heterocycles. The van der Waals surface area contributed by atoms with E-state index in [1.807, 2.05) is 4.68 Å². The fraction of sp³-hybridized carbons (Fsp3) is 0.400. The fourth-order valence-corrected chi connectivity index (χ4v) is 1.57. The maximum atomic E-state index is 10.6. The molecule has 0 unspecified atom stereocenters. The van der Waals surface area contributed by atoms with Gasteiger partial charge in [0.2, 0.25) is 5.82 Å². The Labute approximate surface area is 96.1 Å². The van der Waals surface area contributed by atoms with E-state index in [4.69, 9.17) is 5.11 Å². The second kappa shape index (κ2) is 3.69. The lowest BCUT2D eigenvalue weighted by Gasteiger charge is -1.95. The van der Waals surface area contributed by atoms with Crippen molar-refractivity contribution in [3.05, 3.63) is 18.3 Å². The van der Waals surface area contributed by atoms with Gasteiger partial charge in [-0.3, -0.25) is 4.68 Å². The van der Waals surface area contributed by atoms with E-state index in [0.717, 1.165) is 12.5 Å². The van der Waals surface area contributed by atoms with Gasteiger partial charge in [0.15, 0.2) is 0 Å². The Morgan fingerprint density at radius 3 is 3.06 bits per heavy atom. The third-order valence-corrected chi connectivity index (χ3v) is 2.64. The van der Waals surface area contributed by atoms with Crippen LogP contribution in [0.3, 0.4) is 0 Å². The molecule has 88 valence electrons. The fourth-order valence-electron chi connectivity index (χ4n) is 1.57. The topological polar surface area (TPSA) is 94.0 Å². The molecule has 0 amide bonds. The van der Waals surface area contributed by atoms with Crippen LogP contribution >= 0.6 is 0 Å². The van der Waals surface area contributed by atoms with Crippen molar-refractivity contribution in [1.29, 1.82) is 0 Å². The molecule has 1 saturated carbocycles. The normalized spacial score (nSPS) is 15.1. The van der Waals surface area contributed by atoms with Crippen molar-refractivity contribution in [1.82, 2.24) is 19.9 Å². The minimum atomic E-state index is -1.23. The smallest absolute Gasteiger partial charge is 0.394 e. The van der Waals surface area contributed by atoms with Gasteiger partial charge in [0.25, 0.3) is 0 Å². The van der Waals surface area contributed by atoms with Gasteiger partial charge in [0.1, 0.15) is 0 Å². The quantitative estimate of drug-likeness (QED) is 0.849. The molecule has 0 radical (unpaired) electrons. The number of nitrogens with zero attached hydrogens (tertiary/aromatic N) is 4. The summed E-state index contributed by atoms with van der Waals surface area (Å²) in [6, 6.07) is 0. The molecule has 0 bridgehead atoms. The van der Waals surface area contributed by atoms with Gasteiger partial charge in [-0.2, -0.15) is 10.1 Å². The van der Waals surface area contributed by atoms with Crippen LogP contribution in [0.5, 0.6) is 0 Å². The highest BCUT2D eigenvalue weighted by atomic mass is 16.5. The summed E-state index contributed by atoms with van der Waals surface area (Å²) in [5.74, 6) is -0.656. The molecule has 0 saturated heterocycles. The van der Waals surface area contributed by atoms with E-state index in [1.54, 1.807) is 12.4 Å². The van der Waals surface area contributed by atoms with Crippen LogP contribution in [0.2, 0.25) is 0 Å². The number of rotatable bonds is 4.